The molecule has 1 atom stereocenters. The molecule has 1 unspecified atom stereocenters. The Morgan fingerprint density at radius 1 is 1.00 bits per heavy atom. The number of carbonyl (C=O) groups is 2. The Bertz CT molecular complexity index is 246. The Hall–Kier alpha value is -1.14. The number of carboxylic acids is 2. The molecule has 0 aliphatic heterocycles. The highest BCUT2D eigenvalue weighted by molar-refractivity contribution is 5.73. The molecule has 18 heavy (non-hydrogen) atoms. The first kappa shape index (κ1) is 22.1. The Kier molecular flexibility index (Phi) is 13.5. The number of rotatable bonds is 9. The Balaban J connectivity index is -0.00000112. The zero-order valence-electron chi connectivity index (χ0n) is 11.6. The molecular formula is C12H28N2O4. The van der Waals surface area contributed by atoms with E-state index in [-0.39, 0.29) is 18.7 Å². The summed E-state index contributed by atoms with van der Waals surface area (Å²) in [4.78, 5) is 21.2. The molecule has 0 heterocycles. The maximum Gasteiger partial charge on any atom is 0.309 e. The van der Waals surface area contributed by atoms with Crippen LogP contribution in [0.5, 0.6) is 0 Å². The minimum Gasteiger partial charge on any atom is -0.481 e. The van der Waals surface area contributed by atoms with Crippen LogP contribution >= 0.6 is 0 Å². The van der Waals surface area contributed by atoms with Crippen LogP contribution in [0.1, 0.15) is 58.8 Å². The number of aliphatic carboxylic acids is 2. The largest absolute Gasteiger partial charge is 0.481 e. The monoisotopic (exact) mass is 264 g/mol. The van der Waals surface area contributed by atoms with Crippen LogP contribution in [0.4, 0.5) is 0 Å². The highest BCUT2D eigenvalue weighted by Gasteiger charge is 2.29. The predicted molar refractivity (Wildman–Crippen MR) is 71.4 cm³/mol. The van der Waals surface area contributed by atoms with E-state index in [1.165, 1.54) is 0 Å². The van der Waals surface area contributed by atoms with Crippen molar-refractivity contribution in [3.8, 4) is 0 Å². The number of carboxylic acid groups (broad SMARTS) is 2. The Morgan fingerprint density at radius 2 is 1.50 bits per heavy atom. The molecule has 0 aliphatic carbocycles. The summed E-state index contributed by atoms with van der Waals surface area (Å²) in [7, 11) is 0. The van der Waals surface area contributed by atoms with Gasteiger partial charge in [-0.05, 0) is 26.2 Å². The second-order valence-corrected chi connectivity index (χ2v) is 4.53. The molecule has 6 heteroatoms. The van der Waals surface area contributed by atoms with Crippen molar-refractivity contribution < 1.29 is 19.8 Å². The molecule has 0 saturated carbocycles. The fourth-order valence-corrected chi connectivity index (χ4v) is 1.58. The van der Waals surface area contributed by atoms with E-state index in [1.807, 2.05) is 6.92 Å². The molecule has 0 rings (SSSR count). The first-order valence-corrected chi connectivity index (χ1v) is 5.87. The van der Waals surface area contributed by atoms with E-state index >= 15 is 0 Å². The van der Waals surface area contributed by atoms with Crippen LogP contribution in [-0.2, 0) is 9.59 Å². The zero-order chi connectivity index (χ0) is 12.6. The molecule has 8 N–H and O–H groups in total. The molecule has 0 aromatic carbocycles. The van der Waals surface area contributed by atoms with Crippen molar-refractivity contribution in [2.24, 2.45) is 5.41 Å². The third kappa shape index (κ3) is 8.95. The standard InChI is InChI=1S/C12H22O4.2H3N/c1-3-12(2,11(15)16)9-7-5-4-6-8-10(13)14;;/h3-9H2,1-2H3,(H,13,14)(H,15,16);2*1H3. The van der Waals surface area contributed by atoms with Crippen LogP contribution < -0.4 is 12.3 Å². The van der Waals surface area contributed by atoms with Crippen LogP contribution in [0.2, 0.25) is 0 Å². The fourth-order valence-electron chi connectivity index (χ4n) is 1.58. The summed E-state index contributed by atoms with van der Waals surface area (Å²) in [5.41, 5.74) is -0.618. The predicted octanol–water partition coefficient (Wildman–Crippen LogP) is 3.24. The number of hydrogen-bond acceptors (Lipinski definition) is 4. The summed E-state index contributed by atoms with van der Waals surface area (Å²) in [6.45, 7) is 3.66. The average molecular weight is 264 g/mol. The molecule has 0 bridgehead atoms. The molecule has 0 fully saturated rings. The summed E-state index contributed by atoms with van der Waals surface area (Å²) in [6, 6.07) is 0. The van der Waals surface area contributed by atoms with Gasteiger partial charge in [-0.3, -0.25) is 9.59 Å². The second kappa shape index (κ2) is 11.0. The van der Waals surface area contributed by atoms with Crippen molar-refractivity contribution in [1.82, 2.24) is 12.3 Å². The van der Waals surface area contributed by atoms with Gasteiger partial charge in [0.15, 0.2) is 0 Å². The first-order chi connectivity index (χ1) is 7.42. The minimum absolute atomic E-state index is 0. The van der Waals surface area contributed by atoms with Crippen molar-refractivity contribution in [3.63, 3.8) is 0 Å². The van der Waals surface area contributed by atoms with Gasteiger partial charge in [0.1, 0.15) is 0 Å². The molecule has 0 amide bonds. The number of unbranched alkanes of at least 4 members (excludes halogenated alkanes) is 3. The highest BCUT2D eigenvalue weighted by Crippen LogP contribution is 2.28. The van der Waals surface area contributed by atoms with Crippen LogP contribution in [0, 0.1) is 5.41 Å². The van der Waals surface area contributed by atoms with Gasteiger partial charge in [0.05, 0.1) is 5.41 Å². The van der Waals surface area contributed by atoms with Gasteiger partial charge in [0.25, 0.3) is 0 Å². The van der Waals surface area contributed by atoms with Crippen molar-refractivity contribution in [2.75, 3.05) is 0 Å². The van der Waals surface area contributed by atoms with E-state index in [2.05, 4.69) is 0 Å². The molecule has 0 aromatic rings. The van der Waals surface area contributed by atoms with Gasteiger partial charge < -0.3 is 22.5 Å². The van der Waals surface area contributed by atoms with Gasteiger partial charge in [-0.25, -0.2) is 0 Å². The van der Waals surface area contributed by atoms with Gasteiger partial charge in [-0.1, -0.05) is 26.2 Å². The lowest BCUT2D eigenvalue weighted by Crippen LogP contribution is -2.26. The maximum absolute atomic E-state index is 11.0. The van der Waals surface area contributed by atoms with Gasteiger partial charge in [-0.2, -0.15) is 0 Å². The quantitative estimate of drug-likeness (QED) is 0.470. The normalized spacial score (nSPS) is 12.8. The minimum atomic E-state index is -0.760. The molecule has 0 aliphatic rings. The topological polar surface area (TPSA) is 145 Å². The summed E-state index contributed by atoms with van der Waals surface area (Å²) in [5, 5.41) is 17.5. The lowest BCUT2D eigenvalue weighted by Gasteiger charge is -2.22. The maximum atomic E-state index is 11.0. The van der Waals surface area contributed by atoms with Crippen LogP contribution in [-0.4, -0.2) is 22.2 Å². The average Bonchev–Trinajstić information content (AvgIpc) is 2.22. The van der Waals surface area contributed by atoms with Crippen LogP contribution in [0.3, 0.4) is 0 Å². The molecule has 6 nitrogen and oxygen atoms in total. The van der Waals surface area contributed by atoms with Crippen LogP contribution in [0.15, 0.2) is 0 Å². The smallest absolute Gasteiger partial charge is 0.309 e. The van der Waals surface area contributed by atoms with E-state index in [1.54, 1.807) is 6.92 Å². The summed E-state index contributed by atoms with van der Waals surface area (Å²) in [6.07, 6.45) is 4.84. The third-order valence-corrected chi connectivity index (χ3v) is 3.17. The SMILES string of the molecule is CCC(C)(CCCCCCC(=O)O)C(=O)O.N.N. The fraction of sp³-hybridized carbons (Fsp3) is 0.833. The zero-order valence-corrected chi connectivity index (χ0v) is 11.6. The van der Waals surface area contributed by atoms with Gasteiger partial charge in [0.2, 0.25) is 0 Å². The van der Waals surface area contributed by atoms with Crippen LogP contribution in [0.25, 0.3) is 0 Å². The molecular weight excluding hydrogens is 236 g/mol. The van der Waals surface area contributed by atoms with Gasteiger partial charge in [0, 0.05) is 6.42 Å². The van der Waals surface area contributed by atoms with Gasteiger partial charge in [-0.15, -0.1) is 0 Å². The van der Waals surface area contributed by atoms with Crippen molar-refractivity contribution in [1.29, 1.82) is 0 Å². The Labute approximate surface area is 109 Å². The van der Waals surface area contributed by atoms with E-state index in [0.717, 1.165) is 19.3 Å². The van der Waals surface area contributed by atoms with Crippen molar-refractivity contribution in [2.45, 2.75) is 58.8 Å². The van der Waals surface area contributed by atoms with Gasteiger partial charge >= 0.3 is 11.9 Å². The van der Waals surface area contributed by atoms with E-state index < -0.39 is 17.4 Å². The molecule has 0 saturated heterocycles. The highest BCUT2D eigenvalue weighted by atomic mass is 16.4. The molecule has 0 aromatic heterocycles. The van der Waals surface area contributed by atoms with Crippen molar-refractivity contribution in [3.05, 3.63) is 0 Å². The third-order valence-electron chi connectivity index (χ3n) is 3.17. The van der Waals surface area contributed by atoms with Crippen molar-refractivity contribution >= 4 is 11.9 Å². The lowest BCUT2D eigenvalue weighted by molar-refractivity contribution is -0.148. The molecule has 110 valence electrons. The second-order valence-electron chi connectivity index (χ2n) is 4.53. The first-order valence-electron chi connectivity index (χ1n) is 5.87. The summed E-state index contributed by atoms with van der Waals surface area (Å²) >= 11 is 0. The lowest BCUT2D eigenvalue weighted by atomic mass is 9.82. The Morgan fingerprint density at radius 3 is 1.89 bits per heavy atom. The summed E-state index contributed by atoms with van der Waals surface area (Å²) in [5.74, 6) is -1.50. The summed E-state index contributed by atoms with van der Waals surface area (Å²) < 4.78 is 0. The van der Waals surface area contributed by atoms with E-state index in [9.17, 15) is 9.59 Å². The molecule has 0 spiro atoms. The van der Waals surface area contributed by atoms with E-state index in [0.29, 0.717) is 19.3 Å². The van der Waals surface area contributed by atoms with E-state index in [4.69, 9.17) is 10.2 Å². The molecule has 0 radical (unpaired) electrons. The number of hydrogen-bond donors (Lipinski definition) is 4.